The van der Waals surface area contributed by atoms with Crippen LogP contribution in [0.25, 0.3) is 0 Å². The van der Waals surface area contributed by atoms with Gasteiger partial charge in [-0.05, 0) is 79.4 Å². The molecular weight excluding hydrogens is 276 g/mol. The molecule has 0 aromatic rings. The molecule has 8 atom stereocenters. The van der Waals surface area contributed by atoms with Gasteiger partial charge in [-0.1, -0.05) is 13.8 Å². The molecule has 0 aromatic carbocycles. The summed E-state index contributed by atoms with van der Waals surface area (Å²) >= 11 is 0. The number of carbonyl (C=O) groups is 1. The highest BCUT2D eigenvalue weighted by Gasteiger charge is 2.60. The van der Waals surface area contributed by atoms with Crippen molar-refractivity contribution in [2.24, 2.45) is 34.5 Å². The average Bonchev–Trinajstić information content (AvgIpc) is 2.77. The summed E-state index contributed by atoms with van der Waals surface area (Å²) in [5.41, 5.74) is 0.249. The Morgan fingerprint density at radius 1 is 0.955 bits per heavy atom. The average molecular weight is 306 g/mol. The van der Waals surface area contributed by atoms with Crippen molar-refractivity contribution in [2.45, 2.75) is 77.4 Å². The van der Waals surface area contributed by atoms with Crippen LogP contribution in [0.2, 0.25) is 0 Å². The molecule has 4 aliphatic carbocycles. The number of aliphatic hydroxyl groups excluding tert-OH is 2. The van der Waals surface area contributed by atoms with Gasteiger partial charge < -0.3 is 10.2 Å². The normalized spacial score (nSPS) is 57.9. The summed E-state index contributed by atoms with van der Waals surface area (Å²) in [5, 5.41) is 20.6. The molecule has 0 aromatic heterocycles. The molecule has 22 heavy (non-hydrogen) atoms. The van der Waals surface area contributed by atoms with Crippen LogP contribution >= 0.6 is 0 Å². The molecule has 0 amide bonds. The van der Waals surface area contributed by atoms with E-state index in [1.54, 1.807) is 0 Å². The Balaban J connectivity index is 1.65. The standard InChI is InChI=1S/C19H30O3/c1-18-8-7-14-12(13(18)5-6-17(18)22)4-3-11-9-15(20)16(21)10-19(11,14)2/h11-14,16-17,21-22H,3-10H2,1-2H3/t11?,12-,13-,14-,16?,17-,18-,19-/m0/s1. The number of aliphatic hydroxyl groups is 2. The maximum absolute atomic E-state index is 11.9. The Bertz CT molecular complexity index is 489. The molecule has 0 spiro atoms. The number of carbonyl (C=O) groups excluding carboxylic acids is 1. The maximum Gasteiger partial charge on any atom is 0.161 e. The molecule has 2 unspecified atom stereocenters. The van der Waals surface area contributed by atoms with E-state index < -0.39 is 6.10 Å². The van der Waals surface area contributed by atoms with Crippen molar-refractivity contribution >= 4 is 5.78 Å². The molecule has 0 radical (unpaired) electrons. The first-order valence-electron chi connectivity index (χ1n) is 9.25. The molecule has 0 heterocycles. The molecule has 3 nitrogen and oxygen atoms in total. The SMILES string of the molecule is C[C@]12CC[C@H]3[C@@H](CCC4CC(=O)C(O)C[C@@]43C)[C@@H]1CC[C@@H]2O. The second kappa shape index (κ2) is 4.80. The van der Waals surface area contributed by atoms with Gasteiger partial charge in [0.05, 0.1) is 6.10 Å². The van der Waals surface area contributed by atoms with Crippen molar-refractivity contribution in [1.82, 2.24) is 0 Å². The van der Waals surface area contributed by atoms with Crippen LogP contribution in [0.4, 0.5) is 0 Å². The Morgan fingerprint density at radius 2 is 1.68 bits per heavy atom. The van der Waals surface area contributed by atoms with Crippen LogP contribution < -0.4 is 0 Å². The van der Waals surface area contributed by atoms with E-state index >= 15 is 0 Å². The summed E-state index contributed by atoms with van der Waals surface area (Å²) < 4.78 is 0. The van der Waals surface area contributed by atoms with E-state index in [2.05, 4.69) is 13.8 Å². The van der Waals surface area contributed by atoms with Gasteiger partial charge in [0.15, 0.2) is 5.78 Å². The lowest BCUT2D eigenvalue weighted by Gasteiger charge is -2.60. The summed E-state index contributed by atoms with van der Waals surface area (Å²) in [6.07, 6.45) is 7.18. The highest BCUT2D eigenvalue weighted by atomic mass is 16.3. The molecule has 0 saturated heterocycles. The molecule has 4 aliphatic rings. The fourth-order valence-electron chi connectivity index (χ4n) is 7.07. The van der Waals surface area contributed by atoms with E-state index in [1.165, 1.54) is 19.3 Å². The number of hydrogen-bond donors (Lipinski definition) is 2. The summed E-state index contributed by atoms with van der Waals surface area (Å²) in [5.74, 6) is 2.52. The van der Waals surface area contributed by atoms with Gasteiger partial charge in [0, 0.05) is 6.42 Å². The number of fused-ring (bicyclic) bond motifs is 5. The van der Waals surface area contributed by atoms with E-state index in [9.17, 15) is 15.0 Å². The van der Waals surface area contributed by atoms with E-state index in [4.69, 9.17) is 0 Å². The van der Waals surface area contributed by atoms with Crippen LogP contribution in [0.1, 0.15) is 65.2 Å². The van der Waals surface area contributed by atoms with Crippen LogP contribution in [0.5, 0.6) is 0 Å². The third-order valence-electron chi connectivity index (χ3n) is 8.47. The largest absolute Gasteiger partial charge is 0.393 e. The monoisotopic (exact) mass is 306 g/mol. The van der Waals surface area contributed by atoms with Gasteiger partial charge >= 0.3 is 0 Å². The topological polar surface area (TPSA) is 57.5 Å². The Labute approximate surface area is 133 Å². The molecular formula is C19H30O3. The zero-order chi connectivity index (χ0) is 15.7. The van der Waals surface area contributed by atoms with Crippen LogP contribution in [0.3, 0.4) is 0 Å². The second-order valence-electron chi connectivity index (χ2n) is 9.18. The third-order valence-corrected chi connectivity index (χ3v) is 8.47. The molecule has 4 saturated carbocycles. The van der Waals surface area contributed by atoms with E-state index in [1.807, 2.05) is 0 Å². The van der Waals surface area contributed by atoms with Gasteiger partial charge in [-0.15, -0.1) is 0 Å². The van der Waals surface area contributed by atoms with Gasteiger partial charge in [0.1, 0.15) is 6.10 Å². The summed E-state index contributed by atoms with van der Waals surface area (Å²) in [6.45, 7) is 4.65. The lowest BCUT2D eigenvalue weighted by atomic mass is 9.45. The molecule has 0 bridgehead atoms. The smallest absolute Gasteiger partial charge is 0.161 e. The van der Waals surface area contributed by atoms with Crippen molar-refractivity contribution < 1.29 is 15.0 Å². The quantitative estimate of drug-likeness (QED) is 0.723. The summed E-state index contributed by atoms with van der Waals surface area (Å²) in [7, 11) is 0. The van der Waals surface area contributed by atoms with Gasteiger partial charge in [0.2, 0.25) is 0 Å². The molecule has 2 N–H and O–H groups in total. The van der Waals surface area contributed by atoms with Crippen molar-refractivity contribution in [1.29, 1.82) is 0 Å². The molecule has 0 aliphatic heterocycles. The van der Waals surface area contributed by atoms with Crippen LogP contribution in [0.15, 0.2) is 0 Å². The maximum atomic E-state index is 11.9. The fourth-order valence-corrected chi connectivity index (χ4v) is 7.07. The van der Waals surface area contributed by atoms with E-state index in [-0.39, 0.29) is 22.7 Å². The van der Waals surface area contributed by atoms with Gasteiger partial charge in [-0.25, -0.2) is 0 Å². The molecule has 124 valence electrons. The first-order chi connectivity index (χ1) is 10.4. The van der Waals surface area contributed by atoms with Crippen molar-refractivity contribution in [3.63, 3.8) is 0 Å². The zero-order valence-electron chi connectivity index (χ0n) is 13.9. The molecule has 3 heteroatoms. The minimum atomic E-state index is -0.734. The van der Waals surface area contributed by atoms with Gasteiger partial charge in [-0.3, -0.25) is 4.79 Å². The zero-order valence-corrected chi connectivity index (χ0v) is 13.9. The van der Waals surface area contributed by atoms with Crippen molar-refractivity contribution in [3.05, 3.63) is 0 Å². The first kappa shape index (κ1) is 15.1. The minimum Gasteiger partial charge on any atom is -0.393 e. The van der Waals surface area contributed by atoms with Crippen molar-refractivity contribution in [2.75, 3.05) is 0 Å². The first-order valence-corrected chi connectivity index (χ1v) is 9.25. The Kier molecular flexibility index (Phi) is 3.30. The van der Waals surface area contributed by atoms with Crippen molar-refractivity contribution in [3.8, 4) is 0 Å². The van der Waals surface area contributed by atoms with Gasteiger partial charge in [-0.2, -0.15) is 0 Å². The Hall–Kier alpha value is -0.410. The Morgan fingerprint density at radius 3 is 2.45 bits per heavy atom. The highest BCUT2D eigenvalue weighted by molar-refractivity contribution is 5.84. The lowest BCUT2D eigenvalue weighted by Crippen LogP contribution is -2.56. The lowest BCUT2D eigenvalue weighted by molar-refractivity contribution is -0.157. The molecule has 4 fully saturated rings. The van der Waals surface area contributed by atoms with Crippen LogP contribution in [0, 0.1) is 34.5 Å². The number of ketones is 1. The third kappa shape index (κ3) is 1.84. The number of hydrogen-bond acceptors (Lipinski definition) is 3. The predicted octanol–water partition coefficient (Wildman–Crippen LogP) is 2.93. The second-order valence-corrected chi connectivity index (χ2v) is 9.18. The van der Waals surface area contributed by atoms with Crippen LogP contribution in [-0.4, -0.2) is 28.2 Å². The summed E-state index contributed by atoms with van der Waals surface area (Å²) in [4.78, 5) is 11.9. The van der Waals surface area contributed by atoms with Gasteiger partial charge in [0.25, 0.3) is 0 Å². The van der Waals surface area contributed by atoms with E-state index in [0.717, 1.165) is 19.3 Å². The number of rotatable bonds is 0. The minimum absolute atomic E-state index is 0.0675. The number of Topliss-reactive ketones (excluding diaryl/α,β-unsaturated/α-hetero) is 1. The summed E-state index contributed by atoms with van der Waals surface area (Å²) in [6, 6.07) is 0. The van der Waals surface area contributed by atoms with Crippen LogP contribution in [-0.2, 0) is 4.79 Å². The fraction of sp³-hybridized carbons (Fsp3) is 0.947. The predicted molar refractivity (Wildman–Crippen MR) is 84.1 cm³/mol. The molecule has 4 rings (SSSR count). The van der Waals surface area contributed by atoms with E-state index in [0.29, 0.717) is 36.5 Å². The highest BCUT2D eigenvalue weighted by Crippen LogP contribution is 2.65.